The summed E-state index contributed by atoms with van der Waals surface area (Å²) in [6.45, 7) is 0. The summed E-state index contributed by atoms with van der Waals surface area (Å²) in [7, 11) is 0. The van der Waals surface area contributed by atoms with Crippen molar-refractivity contribution in [2.45, 2.75) is 0 Å². The van der Waals surface area contributed by atoms with Crippen LogP contribution in [0.1, 0.15) is 0 Å². The number of benzene rings is 6. The third-order valence-corrected chi connectivity index (χ3v) is 7.96. The summed E-state index contributed by atoms with van der Waals surface area (Å²) in [5.74, 6) is 0. The van der Waals surface area contributed by atoms with Crippen LogP contribution in [0.25, 0.3) is 55.0 Å². The minimum absolute atomic E-state index is 0.863. The molecule has 198 valence electrons. The number of nitrogens with zero attached hydrogens (tertiary/aromatic N) is 2. The molecule has 8 rings (SSSR count). The van der Waals surface area contributed by atoms with E-state index in [0.29, 0.717) is 0 Å². The van der Waals surface area contributed by atoms with Crippen LogP contribution in [0, 0.1) is 0 Å². The molecular weight excluding hydrogens is 512 g/mol. The van der Waals surface area contributed by atoms with Gasteiger partial charge in [-0.3, -0.25) is 4.98 Å². The van der Waals surface area contributed by atoms with Gasteiger partial charge in [-0.05, 0) is 70.1 Å². The fourth-order valence-corrected chi connectivity index (χ4v) is 6.06. The highest BCUT2D eigenvalue weighted by atomic mass is 16.3. The molecule has 0 aliphatic carbocycles. The molecule has 0 aliphatic rings. The lowest BCUT2D eigenvalue weighted by Gasteiger charge is -2.27. The predicted molar refractivity (Wildman–Crippen MR) is 175 cm³/mol. The van der Waals surface area contributed by atoms with Crippen molar-refractivity contribution >= 4 is 49.8 Å². The van der Waals surface area contributed by atoms with E-state index in [1.807, 2.05) is 18.5 Å². The molecule has 0 fully saturated rings. The quantitative estimate of drug-likeness (QED) is 0.218. The Balaban J connectivity index is 1.39. The second-order valence-electron chi connectivity index (χ2n) is 10.4. The van der Waals surface area contributed by atoms with Crippen LogP contribution in [0.15, 0.2) is 162 Å². The first-order chi connectivity index (χ1) is 20.8. The number of rotatable bonds is 5. The van der Waals surface area contributed by atoms with E-state index in [2.05, 4.69) is 149 Å². The molecule has 0 atom stereocenters. The van der Waals surface area contributed by atoms with Gasteiger partial charge in [-0.25, -0.2) is 0 Å². The summed E-state index contributed by atoms with van der Waals surface area (Å²) in [5, 5.41) is 4.57. The van der Waals surface area contributed by atoms with Gasteiger partial charge in [0.05, 0.1) is 5.69 Å². The topological polar surface area (TPSA) is 29.3 Å². The average molecular weight is 539 g/mol. The number of hydrogen-bond acceptors (Lipinski definition) is 3. The molecule has 0 saturated carbocycles. The molecule has 0 radical (unpaired) electrons. The number of furan rings is 1. The van der Waals surface area contributed by atoms with Crippen molar-refractivity contribution in [3.63, 3.8) is 0 Å². The fourth-order valence-electron chi connectivity index (χ4n) is 6.06. The number of pyridine rings is 1. The summed E-state index contributed by atoms with van der Waals surface area (Å²) in [4.78, 5) is 6.56. The van der Waals surface area contributed by atoms with E-state index in [1.165, 1.54) is 11.1 Å². The summed E-state index contributed by atoms with van der Waals surface area (Å²) in [5.41, 5.74) is 9.63. The average Bonchev–Trinajstić information content (AvgIpc) is 3.45. The molecule has 3 nitrogen and oxygen atoms in total. The maximum absolute atomic E-state index is 6.62. The van der Waals surface area contributed by atoms with E-state index < -0.39 is 0 Å². The van der Waals surface area contributed by atoms with Crippen LogP contribution in [0.3, 0.4) is 0 Å². The molecule has 2 aromatic heterocycles. The maximum Gasteiger partial charge on any atom is 0.138 e. The number of anilines is 3. The van der Waals surface area contributed by atoms with Crippen LogP contribution in [-0.4, -0.2) is 4.98 Å². The van der Waals surface area contributed by atoms with Gasteiger partial charge in [0.1, 0.15) is 11.2 Å². The highest BCUT2D eigenvalue weighted by molar-refractivity contribution is 6.25. The summed E-state index contributed by atoms with van der Waals surface area (Å²) in [6, 6.07) is 51.1. The largest absolute Gasteiger partial charge is 0.456 e. The molecule has 6 aromatic carbocycles. The van der Waals surface area contributed by atoms with Gasteiger partial charge in [-0.2, -0.15) is 0 Å². The number of hydrogen-bond donors (Lipinski definition) is 0. The standard InChI is InChI=1S/C39H26N2O/c1-3-10-27(11-4-1)28-18-20-31(21-19-28)41(30-12-5-2-6-13-30)35-26-37-39(34-15-8-7-14-33(34)35)38-32(16-9-17-36(38)42-37)29-22-24-40-25-23-29/h1-26H. The SMILES string of the molecule is c1ccc(-c2ccc(N(c3ccccc3)c3cc4oc5cccc(-c6ccncc6)c5c4c4ccccc34)cc2)cc1. The molecule has 0 bridgehead atoms. The van der Waals surface area contributed by atoms with Crippen molar-refractivity contribution in [3.05, 3.63) is 158 Å². The Morgan fingerprint density at radius 1 is 0.452 bits per heavy atom. The molecule has 0 N–H and O–H groups in total. The van der Waals surface area contributed by atoms with E-state index in [1.54, 1.807) is 0 Å². The highest BCUT2D eigenvalue weighted by Crippen LogP contribution is 2.46. The molecule has 3 heteroatoms. The van der Waals surface area contributed by atoms with Gasteiger partial charge < -0.3 is 9.32 Å². The Hall–Kier alpha value is -5.67. The van der Waals surface area contributed by atoms with E-state index in [4.69, 9.17) is 4.42 Å². The Morgan fingerprint density at radius 2 is 1.10 bits per heavy atom. The molecule has 0 saturated heterocycles. The Labute approximate surface area is 243 Å². The van der Waals surface area contributed by atoms with Gasteiger partial charge in [0.2, 0.25) is 0 Å². The molecule has 8 aromatic rings. The van der Waals surface area contributed by atoms with Gasteiger partial charge >= 0.3 is 0 Å². The van der Waals surface area contributed by atoms with Crippen LogP contribution >= 0.6 is 0 Å². The van der Waals surface area contributed by atoms with Crippen molar-refractivity contribution in [2.24, 2.45) is 0 Å². The summed E-state index contributed by atoms with van der Waals surface area (Å²) >= 11 is 0. The zero-order valence-corrected chi connectivity index (χ0v) is 22.8. The highest BCUT2D eigenvalue weighted by Gasteiger charge is 2.21. The van der Waals surface area contributed by atoms with Gasteiger partial charge in [0.15, 0.2) is 0 Å². The van der Waals surface area contributed by atoms with Gasteiger partial charge in [-0.1, -0.05) is 97.1 Å². The number of fused-ring (bicyclic) bond motifs is 5. The summed E-state index contributed by atoms with van der Waals surface area (Å²) in [6.07, 6.45) is 3.68. The Morgan fingerprint density at radius 3 is 1.86 bits per heavy atom. The molecule has 0 unspecified atom stereocenters. The third-order valence-electron chi connectivity index (χ3n) is 7.96. The lowest BCUT2D eigenvalue weighted by molar-refractivity contribution is 0.669. The normalized spacial score (nSPS) is 11.3. The molecule has 42 heavy (non-hydrogen) atoms. The first-order valence-corrected chi connectivity index (χ1v) is 14.1. The van der Waals surface area contributed by atoms with E-state index in [9.17, 15) is 0 Å². The Kier molecular flexibility index (Phi) is 5.79. The molecule has 0 aliphatic heterocycles. The minimum atomic E-state index is 0.863. The second kappa shape index (κ2) is 10.1. The third kappa shape index (κ3) is 4.03. The van der Waals surface area contributed by atoms with E-state index in [-0.39, 0.29) is 0 Å². The van der Waals surface area contributed by atoms with Crippen LogP contribution in [-0.2, 0) is 0 Å². The molecule has 0 spiro atoms. The monoisotopic (exact) mass is 538 g/mol. The number of para-hydroxylation sites is 1. The van der Waals surface area contributed by atoms with Crippen molar-refractivity contribution in [3.8, 4) is 22.3 Å². The number of aromatic nitrogens is 1. The lowest BCUT2D eigenvalue weighted by atomic mass is 9.96. The van der Waals surface area contributed by atoms with Gasteiger partial charge in [0.25, 0.3) is 0 Å². The van der Waals surface area contributed by atoms with Crippen LogP contribution in [0.2, 0.25) is 0 Å². The van der Waals surface area contributed by atoms with Crippen LogP contribution < -0.4 is 4.90 Å². The van der Waals surface area contributed by atoms with Crippen molar-refractivity contribution in [2.75, 3.05) is 4.90 Å². The van der Waals surface area contributed by atoms with E-state index in [0.717, 1.165) is 60.9 Å². The van der Waals surface area contributed by atoms with Gasteiger partial charge in [-0.15, -0.1) is 0 Å². The van der Waals surface area contributed by atoms with Gasteiger partial charge in [0, 0.05) is 46.0 Å². The first kappa shape index (κ1) is 24.2. The molecule has 2 heterocycles. The molecule has 0 amide bonds. The zero-order valence-electron chi connectivity index (χ0n) is 22.8. The predicted octanol–water partition coefficient (Wildman–Crippen LogP) is 10.9. The zero-order chi connectivity index (χ0) is 27.9. The minimum Gasteiger partial charge on any atom is -0.456 e. The van der Waals surface area contributed by atoms with Crippen molar-refractivity contribution in [1.82, 2.24) is 4.98 Å². The maximum atomic E-state index is 6.62. The van der Waals surface area contributed by atoms with Crippen LogP contribution in [0.4, 0.5) is 17.1 Å². The fraction of sp³-hybridized carbons (Fsp3) is 0. The van der Waals surface area contributed by atoms with Crippen LogP contribution in [0.5, 0.6) is 0 Å². The molecular formula is C39H26N2O. The van der Waals surface area contributed by atoms with Crippen molar-refractivity contribution in [1.29, 1.82) is 0 Å². The Bertz CT molecular complexity index is 2170. The first-order valence-electron chi connectivity index (χ1n) is 14.1. The van der Waals surface area contributed by atoms with E-state index >= 15 is 0 Å². The lowest BCUT2D eigenvalue weighted by Crippen LogP contribution is -2.10. The smallest absolute Gasteiger partial charge is 0.138 e. The summed E-state index contributed by atoms with van der Waals surface area (Å²) < 4.78 is 6.62. The second-order valence-corrected chi connectivity index (χ2v) is 10.4. The van der Waals surface area contributed by atoms with Crippen molar-refractivity contribution < 1.29 is 4.42 Å².